The van der Waals surface area contributed by atoms with Crippen LogP contribution in [0.4, 0.5) is 0 Å². The van der Waals surface area contributed by atoms with E-state index < -0.39 is 0 Å². The second kappa shape index (κ2) is 7.71. The highest BCUT2D eigenvalue weighted by Crippen LogP contribution is 2.09. The Morgan fingerprint density at radius 2 is 2.00 bits per heavy atom. The summed E-state index contributed by atoms with van der Waals surface area (Å²) >= 11 is 0. The van der Waals surface area contributed by atoms with Gasteiger partial charge in [-0.2, -0.15) is 0 Å². The van der Waals surface area contributed by atoms with Crippen molar-refractivity contribution in [3.05, 3.63) is 0 Å². The molecule has 1 saturated heterocycles. The van der Waals surface area contributed by atoms with Gasteiger partial charge in [0, 0.05) is 33.2 Å². The molecule has 0 aromatic rings. The van der Waals surface area contributed by atoms with Crippen molar-refractivity contribution in [3.8, 4) is 0 Å². The van der Waals surface area contributed by atoms with Gasteiger partial charge in [-0.15, -0.1) is 0 Å². The number of carbonyl (C=O) groups excluding carboxylic acids is 1. The van der Waals surface area contributed by atoms with Gasteiger partial charge in [0.05, 0.1) is 6.04 Å². The minimum absolute atomic E-state index is 0.0260. The van der Waals surface area contributed by atoms with Crippen LogP contribution < -0.4 is 11.1 Å². The molecular weight excluding hydrogens is 228 g/mol. The van der Waals surface area contributed by atoms with Crippen LogP contribution in [0, 0.1) is 5.92 Å². The summed E-state index contributed by atoms with van der Waals surface area (Å²) in [5, 5.41) is 2.72. The van der Waals surface area contributed by atoms with Crippen LogP contribution in [0.2, 0.25) is 0 Å². The first-order chi connectivity index (χ1) is 8.58. The molecule has 0 aromatic carbocycles. The Morgan fingerprint density at radius 1 is 1.28 bits per heavy atom. The van der Waals surface area contributed by atoms with E-state index >= 15 is 0 Å². The largest absolute Gasteiger partial charge is 0.358 e. The summed E-state index contributed by atoms with van der Waals surface area (Å²) in [7, 11) is 1.70. The molecule has 0 aliphatic carbocycles. The number of nitrogens with two attached hydrogens (primary N) is 1. The van der Waals surface area contributed by atoms with E-state index in [4.69, 9.17) is 5.73 Å². The third-order valence-electron chi connectivity index (χ3n) is 3.77. The van der Waals surface area contributed by atoms with E-state index in [0.717, 1.165) is 45.7 Å². The van der Waals surface area contributed by atoms with Gasteiger partial charge in [-0.1, -0.05) is 6.92 Å². The maximum atomic E-state index is 11.6. The Morgan fingerprint density at radius 3 is 2.61 bits per heavy atom. The molecule has 1 heterocycles. The summed E-state index contributed by atoms with van der Waals surface area (Å²) in [5.74, 6) is 0.659. The van der Waals surface area contributed by atoms with Gasteiger partial charge in [0.25, 0.3) is 0 Å². The van der Waals surface area contributed by atoms with Crippen LogP contribution in [0.5, 0.6) is 0 Å². The molecule has 5 nitrogen and oxygen atoms in total. The fourth-order valence-electron chi connectivity index (χ4n) is 2.45. The van der Waals surface area contributed by atoms with Crippen molar-refractivity contribution in [2.24, 2.45) is 11.7 Å². The van der Waals surface area contributed by atoms with E-state index in [9.17, 15) is 4.79 Å². The molecule has 106 valence electrons. The van der Waals surface area contributed by atoms with Crippen molar-refractivity contribution in [1.82, 2.24) is 15.1 Å². The van der Waals surface area contributed by atoms with Gasteiger partial charge in [0.15, 0.2) is 0 Å². The average Bonchev–Trinajstić information content (AvgIpc) is 2.62. The molecule has 0 saturated carbocycles. The molecule has 2 unspecified atom stereocenters. The highest BCUT2D eigenvalue weighted by Gasteiger charge is 2.23. The van der Waals surface area contributed by atoms with E-state index in [1.165, 1.54) is 0 Å². The summed E-state index contributed by atoms with van der Waals surface area (Å²) in [5.41, 5.74) is 5.67. The van der Waals surface area contributed by atoms with Gasteiger partial charge < -0.3 is 16.0 Å². The zero-order chi connectivity index (χ0) is 13.5. The molecule has 1 rings (SSSR count). The molecule has 0 spiro atoms. The van der Waals surface area contributed by atoms with E-state index in [2.05, 4.69) is 22.0 Å². The lowest BCUT2D eigenvalue weighted by atomic mass is 10.1. The van der Waals surface area contributed by atoms with Gasteiger partial charge in [-0.3, -0.25) is 9.69 Å². The predicted molar refractivity (Wildman–Crippen MR) is 74.4 cm³/mol. The molecule has 3 N–H and O–H groups in total. The van der Waals surface area contributed by atoms with Gasteiger partial charge in [-0.05, 0) is 32.4 Å². The van der Waals surface area contributed by atoms with Crippen LogP contribution in [0.25, 0.3) is 0 Å². The van der Waals surface area contributed by atoms with Crippen LogP contribution >= 0.6 is 0 Å². The van der Waals surface area contributed by atoms with Crippen LogP contribution in [0.1, 0.15) is 20.3 Å². The summed E-state index contributed by atoms with van der Waals surface area (Å²) < 4.78 is 0. The maximum absolute atomic E-state index is 11.6. The molecule has 0 radical (unpaired) electrons. The number of amides is 1. The molecule has 18 heavy (non-hydrogen) atoms. The first-order valence-corrected chi connectivity index (χ1v) is 6.96. The SMILES string of the molecule is CNC(=O)C(C)N1CCCN(CC(C)CN)CC1. The lowest BCUT2D eigenvalue weighted by molar-refractivity contribution is -0.125. The van der Waals surface area contributed by atoms with Crippen molar-refractivity contribution in [2.45, 2.75) is 26.3 Å². The summed E-state index contributed by atoms with van der Waals surface area (Å²) in [6, 6.07) is -0.0260. The van der Waals surface area contributed by atoms with Crippen LogP contribution in [-0.4, -0.2) is 68.1 Å². The zero-order valence-corrected chi connectivity index (χ0v) is 12.0. The molecule has 1 amide bonds. The Hall–Kier alpha value is -0.650. The molecule has 1 fully saturated rings. The standard InChI is InChI=1S/C13H28N4O/c1-11(9-14)10-16-5-4-6-17(8-7-16)12(2)13(18)15-3/h11-12H,4-10,14H2,1-3H3,(H,15,18). The van der Waals surface area contributed by atoms with Gasteiger partial charge >= 0.3 is 0 Å². The average molecular weight is 256 g/mol. The molecule has 0 aromatic heterocycles. The molecule has 2 atom stereocenters. The first kappa shape index (κ1) is 15.4. The lowest BCUT2D eigenvalue weighted by Crippen LogP contribution is -2.45. The first-order valence-electron chi connectivity index (χ1n) is 6.96. The van der Waals surface area contributed by atoms with Crippen molar-refractivity contribution in [1.29, 1.82) is 0 Å². The number of hydrogen-bond acceptors (Lipinski definition) is 4. The molecule has 0 bridgehead atoms. The highest BCUT2D eigenvalue weighted by molar-refractivity contribution is 5.80. The van der Waals surface area contributed by atoms with Crippen molar-refractivity contribution < 1.29 is 4.79 Å². The topological polar surface area (TPSA) is 61.6 Å². The fraction of sp³-hybridized carbons (Fsp3) is 0.923. The second-order valence-corrected chi connectivity index (χ2v) is 5.32. The van der Waals surface area contributed by atoms with Crippen LogP contribution in [-0.2, 0) is 4.79 Å². The normalized spacial score (nSPS) is 22.2. The predicted octanol–water partition coefficient (Wildman–Crippen LogP) is -0.277. The monoisotopic (exact) mass is 256 g/mol. The van der Waals surface area contributed by atoms with E-state index in [1.54, 1.807) is 7.05 Å². The number of carbonyl (C=O) groups is 1. The Balaban J connectivity index is 2.43. The number of hydrogen-bond donors (Lipinski definition) is 2. The van der Waals surface area contributed by atoms with Crippen molar-refractivity contribution in [2.75, 3.05) is 46.3 Å². The Kier molecular flexibility index (Phi) is 6.60. The Bertz CT molecular complexity index is 259. The Labute approximate surface area is 111 Å². The highest BCUT2D eigenvalue weighted by atomic mass is 16.2. The number of likely N-dealkylation sites (N-methyl/N-ethyl adjacent to an activating group) is 1. The third kappa shape index (κ3) is 4.55. The number of rotatable bonds is 5. The maximum Gasteiger partial charge on any atom is 0.236 e. The van der Waals surface area contributed by atoms with Gasteiger partial charge in [0.1, 0.15) is 0 Å². The minimum atomic E-state index is -0.0260. The smallest absolute Gasteiger partial charge is 0.236 e. The van der Waals surface area contributed by atoms with E-state index in [0.29, 0.717) is 5.92 Å². The van der Waals surface area contributed by atoms with Crippen LogP contribution in [0.15, 0.2) is 0 Å². The molecular formula is C13H28N4O. The summed E-state index contributed by atoms with van der Waals surface area (Å²) in [6.07, 6.45) is 1.12. The quantitative estimate of drug-likeness (QED) is 0.710. The van der Waals surface area contributed by atoms with Crippen molar-refractivity contribution in [3.63, 3.8) is 0 Å². The molecule has 5 heteroatoms. The fourth-order valence-corrected chi connectivity index (χ4v) is 2.45. The van der Waals surface area contributed by atoms with Crippen LogP contribution in [0.3, 0.4) is 0 Å². The number of nitrogens with one attached hydrogen (secondary N) is 1. The second-order valence-electron chi connectivity index (χ2n) is 5.32. The van der Waals surface area contributed by atoms with Gasteiger partial charge in [-0.25, -0.2) is 0 Å². The summed E-state index contributed by atoms with van der Waals surface area (Å²) in [4.78, 5) is 16.4. The molecule has 1 aliphatic heterocycles. The lowest BCUT2D eigenvalue weighted by Gasteiger charge is -2.27. The minimum Gasteiger partial charge on any atom is -0.358 e. The third-order valence-corrected chi connectivity index (χ3v) is 3.77. The van der Waals surface area contributed by atoms with Gasteiger partial charge in [0.2, 0.25) is 5.91 Å². The summed E-state index contributed by atoms with van der Waals surface area (Å²) in [6.45, 7) is 10.1. The van der Waals surface area contributed by atoms with E-state index in [1.807, 2.05) is 6.92 Å². The van der Waals surface area contributed by atoms with Crippen molar-refractivity contribution >= 4 is 5.91 Å². The zero-order valence-electron chi connectivity index (χ0n) is 12.0. The number of nitrogens with zero attached hydrogens (tertiary/aromatic N) is 2. The molecule has 1 aliphatic rings. The van der Waals surface area contributed by atoms with E-state index in [-0.39, 0.29) is 11.9 Å².